The number of hydrogen-bond acceptors (Lipinski definition) is 6. The molecule has 0 bridgehead atoms. The lowest BCUT2D eigenvalue weighted by Gasteiger charge is -2.26. The molecule has 0 unspecified atom stereocenters. The highest BCUT2D eigenvalue weighted by Crippen LogP contribution is 2.35. The van der Waals surface area contributed by atoms with Gasteiger partial charge in [0.05, 0.1) is 4.90 Å². The second-order valence-electron chi connectivity index (χ2n) is 8.25. The maximum Gasteiger partial charge on any atom is 0.234 e. The standard InChI is InChI=1S/C20H20N2O3S.C4H9N/c1-14-8-5-6-13-17(14)18-22-20(19(25-18)21-15-9-7-10-15)26(23,24)16-11-3-2-4-12-16;5-4-2-1-3-4/h2-6,8,11-13,15,21H,7,9-10H2,1H3;4H,1-3,5H2. The van der Waals surface area contributed by atoms with Crippen LogP contribution in [0.3, 0.4) is 0 Å². The van der Waals surface area contributed by atoms with E-state index in [4.69, 9.17) is 10.2 Å². The van der Waals surface area contributed by atoms with Crippen LogP contribution in [-0.4, -0.2) is 25.5 Å². The Morgan fingerprint density at radius 3 is 2.13 bits per heavy atom. The van der Waals surface area contributed by atoms with Crippen molar-refractivity contribution in [2.24, 2.45) is 5.73 Å². The number of aromatic nitrogens is 1. The minimum Gasteiger partial charge on any atom is -0.419 e. The van der Waals surface area contributed by atoms with Crippen LogP contribution in [0.5, 0.6) is 0 Å². The molecule has 31 heavy (non-hydrogen) atoms. The van der Waals surface area contributed by atoms with Gasteiger partial charge in [-0.1, -0.05) is 42.8 Å². The molecule has 0 atom stereocenters. The molecule has 3 aromatic rings. The fraction of sp³-hybridized carbons (Fsp3) is 0.375. The molecule has 6 nitrogen and oxygen atoms in total. The Hall–Kier alpha value is -2.64. The number of nitrogens with two attached hydrogens (primary N) is 1. The fourth-order valence-corrected chi connectivity index (χ4v) is 4.68. The molecule has 0 radical (unpaired) electrons. The summed E-state index contributed by atoms with van der Waals surface area (Å²) in [5.41, 5.74) is 7.15. The van der Waals surface area contributed by atoms with E-state index in [1.807, 2.05) is 31.2 Å². The number of benzene rings is 2. The van der Waals surface area contributed by atoms with Crippen molar-refractivity contribution in [2.75, 3.05) is 5.32 Å². The number of rotatable bonds is 5. The maximum absolute atomic E-state index is 13.1. The largest absolute Gasteiger partial charge is 0.419 e. The van der Waals surface area contributed by atoms with E-state index < -0.39 is 9.84 Å². The zero-order valence-corrected chi connectivity index (χ0v) is 18.6. The third-order valence-electron chi connectivity index (χ3n) is 5.87. The van der Waals surface area contributed by atoms with Crippen molar-refractivity contribution in [3.05, 3.63) is 60.2 Å². The summed E-state index contributed by atoms with van der Waals surface area (Å²) in [6.45, 7) is 1.95. The molecule has 2 aliphatic carbocycles. The first-order chi connectivity index (χ1) is 14.9. The average molecular weight is 440 g/mol. The van der Waals surface area contributed by atoms with Gasteiger partial charge in [-0.3, -0.25) is 0 Å². The van der Waals surface area contributed by atoms with Crippen molar-refractivity contribution >= 4 is 15.7 Å². The van der Waals surface area contributed by atoms with Crippen LogP contribution in [0.15, 0.2) is 68.9 Å². The van der Waals surface area contributed by atoms with Crippen LogP contribution in [0.2, 0.25) is 0 Å². The van der Waals surface area contributed by atoms with E-state index in [9.17, 15) is 8.42 Å². The van der Waals surface area contributed by atoms with Gasteiger partial charge >= 0.3 is 0 Å². The van der Waals surface area contributed by atoms with E-state index in [0.717, 1.165) is 30.4 Å². The number of aryl methyl sites for hydroxylation is 1. The number of hydrogen-bond donors (Lipinski definition) is 2. The number of anilines is 1. The predicted molar refractivity (Wildman–Crippen MR) is 122 cm³/mol. The molecule has 1 aromatic heterocycles. The van der Waals surface area contributed by atoms with Crippen LogP contribution in [0, 0.1) is 6.92 Å². The molecule has 0 saturated heterocycles. The molecular formula is C24H29N3O3S. The third-order valence-corrected chi connectivity index (χ3v) is 7.55. The quantitative estimate of drug-likeness (QED) is 0.584. The summed E-state index contributed by atoms with van der Waals surface area (Å²) >= 11 is 0. The van der Waals surface area contributed by atoms with Gasteiger partial charge in [-0.15, -0.1) is 0 Å². The van der Waals surface area contributed by atoms with Crippen LogP contribution in [-0.2, 0) is 9.84 Å². The molecule has 0 amide bonds. The van der Waals surface area contributed by atoms with Crippen LogP contribution < -0.4 is 11.1 Å². The van der Waals surface area contributed by atoms with Gasteiger partial charge in [-0.25, -0.2) is 8.42 Å². The van der Waals surface area contributed by atoms with Crippen molar-refractivity contribution in [3.63, 3.8) is 0 Å². The first-order valence-corrected chi connectivity index (χ1v) is 12.3. The molecular weight excluding hydrogens is 410 g/mol. The fourth-order valence-electron chi connectivity index (χ4n) is 3.40. The molecule has 0 spiro atoms. The lowest BCUT2D eigenvalue weighted by molar-refractivity contribution is 0.418. The summed E-state index contributed by atoms with van der Waals surface area (Å²) in [5, 5.41) is 3.18. The van der Waals surface area contributed by atoms with Gasteiger partial charge in [0, 0.05) is 17.6 Å². The van der Waals surface area contributed by atoms with Crippen LogP contribution in [0.4, 0.5) is 5.88 Å². The van der Waals surface area contributed by atoms with E-state index in [-0.39, 0.29) is 21.8 Å². The maximum atomic E-state index is 13.1. The number of sulfone groups is 1. The Labute approximate surface area is 183 Å². The molecule has 2 saturated carbocycles. The van der Waals surface area contributed by atoms with Crippen LogP contribution in [0.25, 0.3) is 11.5 Å². The van der Waals surface area contributed by atoms with Gasteiger partial charge in [0.25, 0.3) is 0 Å². The van der Waals surface area contributed by atoms with Crippen molar-refractivity contribution in [1.82, 2.24) is 4.98 Å². The topological polar surface area (TPSA) is 98.2 Å². The average Bonchev–Trinajstić information content (AvgIpc) is 3.15. The molecule has 164 valence electrons. The van der Waals surface area contributed by atoms with E-state index in [1.165, 1.54) is 19.3 Å². The molecule has 3 N–H and O–H groups in total. The van der Waals surface area contributed by atoms with Gasteiger partial charge in [0.1, 0.15) is 0 Å². The first kappa shape index (κ1) is 21.6. The molecule has 0 aliphatic heterocycles. The molecule has 2 aliphatic rings. The summed E-state index contributed by atoms with van der Waals surface area (Å²) in [6, 6.07) is 16.8. The second kappa shape index (κ2) is 9.24. The van der Waals surface area contributed by atoms with Crippen LogP contribution >= 0.6 is 0 Å². The predicted octanol–water partition coefficient (Wildman–Crippen LogP) is 4.94. The van der Waals surface area contributed by atoms with Crippen molar-refractivity contribution in [1.29, 1.82) is 0 Å². The Morgan fingerprint density at radius 2 is 1.58 bits per heavy atom. The van der Waals surface area contributed by atoms with E-state index in [1.54, 1.807) is 30.3 Å². The number of nitrogens with one attached hydrogen (secondary N) is 1. The van der Waals surface area contributed by atoms with Gasteiger partial charge in [-0.2, -0.15) is 4.98 Å². The second-order valence-corrected chi connectivity index (χ2v) is 10.1. The minimum atomic E-state index is -3.77. The Kier molecular flexibility index (Phi) is 6.43. The summed E-state index contributed by atoms with van der Waals surface area (Å²) in [7, 11) is -3.77. The monoisotopic (exact) mass is 439 g/mol. The summed E-state index contributed by atoms with van der Waals surface area (Å²) in [4.78, 5) is 4.59. The highest BCUT2D eigenvalue weighted by Gasteiger charge is 2.31. The Bertz CT molecular complexity index is 1120. The smallest absolute Gasteiger partial charge is 0.234 e. The van der Waals surface area contributed by atoms with Crippen molar-refractivity contribution in [3.8, 4) is 11.5 Å². The molecule has 2 fully saturated rings. The molecule has 1 heterocycles. The van der Waals surface area contributed by atoms with Gasteiger partial charge in [0.15, 0.2) is 0 Å². The highest BCUT2D eigenvalue weighted by molar-refractivity contribution is 7.91. The Balaban J connectivity index is 0.000000407. The minimum absolute atomic E-state index is 0.0474. The normalized spacial score (nSPS) is 16.6. The molecule has 7 heteroatoms. The number of nitrogens with zero attached hydrogens (tertiary/aromatic N) is 1. The van der Waals surface area contributed by atoms with Gasteiger partial charge < -0.3 is 15.5 Å². The lowest BCUT2D eigenvalue weighted by atomic mass is 9.93. The molecule has 2 aromatic carbocycles. The van der Waals surface area contributed by atoms with E-state index >= 15 is 0 Å². The SMILES string of the molecule is Cc1ccccc1-c1nc(S(=O)(=O)c2ccccc2)c(NC2CCC2)o1.NC1CCC1. The zero-order valence-electron chi connectivity index (χ0n) is 17.8. The lowest BCUT2D eigenvalue weighted by Crippen LogP contribution is -2.27. The number of oxazole rings is 1. The van der Waals surface area contributed by atoms with Gasteiger partial charge in [0.2, 0.25) is 26.6 Å². The first-order valence-electron chi connectivity index (χ1n) is 10.8. The van der Waals surface area contributed by atoms with Crippen molar-refractivity contribution in [2.45, 2.75) is 67.5 Å². The summed E-state index contributed by atoms with van der Waals surface area (Å²) < 4.78 is 32.1. The summed E-state index contributed by atoms with van der Waals surface area (Å²) in [6.07, 6.45) is 7.04. The van der Waals surface area contributed by atoms with Gasteiger partial charge in [-0.05, 0) is 62.8 Å². The van der Waals surface area contributed by atoms with E-state index in [0.29, 0.717) is 11.9 Å². The van der Waals surface area contributed by atoms with E-state index in [2.05, 4.69) is 10.3 Å². The van der Waals surface area contributed by atoms with Crippen molar-refractivity contribution < 1.29 is 12.8 Å². The third kappa shape index (κ3) is 4.83. The zero-order chi connectivity index (χ0) is 21.8. The van der Waals surface area contributed by atoms with Crippen LogP contribution in [0.1, 0.15) is 44.1 Å². The highest BCUT2D eigenvalue weighted by atomic mass is 32.2. The molecule has 5 rings (SSSR count). The summed E-state index contributed by atoms with van der Waals surface area (Å²) in [5.74, 6) is 0.552. The Morgan fingerprint density at radius 1 is 0.968 bits per heavy atom.